The van der Waals surface area contributed by atoms with Gasteiger partial charge < -0.3 is 15.0 Å². The first-order valence-corrected chi connectivity index (χ1v) is 9.01. The van der Waals surface area contributed by atoms with Crippen LogP contribution in [0.2, 0.25) is 0 Å². The van der Waals surface area contributed by atoms with Gasteiger partial charge in [0.1, 0.15) is 11.3 Å². The van der Waals surface area contributed by atoms with E-state index in [-0.39, 0.29) is 11.5 Å². The summed E-state index contributed by atoms with van der Waals surface area (Å²) in [5.74, 6) is -0.708. The monoisotopic (exact) mass is 394 g/mol. The molecule has 0 spiro atoms. The van der Waals surface area contributed by atoms with Crippen molar-refractivity contribution in [2.45, 2.75) is 32.0 Å². The normalized spacial score (nSPS) is 18.5. The molecule has 1 aromatic heterocycles. The number of ether oxygens (including phenoxy) is 1. The Morgan fingerprint density at radius 1 is 1.21 bits per heavy atom. The number of halogens is 3. The van der Waals surface area contributed by atoms with Gasteiger partial charge >= 0.3 is 6.18 Å². The van der Waals surface area contributed by atoms with Crippen LogP contribution < -0.4 is 10.9 Å². The van der Waals surface area contributed by atoms with Gasteiger partial charge in [0.15, 0.2) is 0 Å². The molecule has 8 heteroatoms. The summed E-state index contributed by atoms with van der Waals surface area (Å²) in [5, 5.41) is 2.82. The van der Waals surface area contributed by atoms with Crippen LogP contribution >= 0.6 is 0 Å². The minimum absolute atomic E-state index is 0.00827. The highest BCUT2D eigenvalue weighted by Gasteiger charge is 2.33. The molecule has 150 valence electrons. The number of pyridine rings is 1. The second-order valence-electron chi connectivity index (χ2n) is 6.95. The van der Waals surface area contributed by atoms with Crippen molar-refractivity contribution in [2.24, 2.45) is 5.92 Å². The Kier molecular flexibility index (Phi) is 5.88. The zero-order valence-corrected chi connectivity index (χ0v) is 15.3. The highest BCUT2D eigenvalue weighted by atomic mass is 19.4. The van der Waals surface area contributed by atoms with Gasteiger partial charge in [0, 0.05) is 12.5 Å². The fourth-order valence-electron chi connectivity index (χ4n) is 3.31. The third-order valence-electron chi connectivity index (χ3n) is 4.85. The average molecular weight is 394 g/mol. The molecule has 2 heterocycles. The highest BCUT2D eigenvalue weighted by molar-refractivity contribution is 5.94. The third kappa shape index (κ3) is 4.62. The second-order valence-corrected chi connectivity index (χ2v) is 6.95. The molecular formula is C20H21F3N2O3. The Morgan fingerprint density at radius 3 is 2.50 bits per heavy atom. The van der Waals surface area contributed by atoms with E-state index in [1.54, 1.807) is 4.98 Å². The summed E-state index contributed by atoms with van der Waals surface area (Å²) in [7, 11) is 0. The molecule has 1 saturated heterocycles. The smallest absolute Gasteiger partial charge is 0.381 e. The molecule has 1 aliphatic rings. The summed E-state index contributed by atoms with van der Waals surface area (Å²) in [4.78, 5) is 26.4. The number of nitrogens with one attached hydrogen (secondary N) is 2. The maximum Gasteiger partial charge on any atom is 0.431 e. The number of alkyl halides is 3. The molecule has 0 radical (unpaired) electrons. The SMILES string of the molecule is Cc1ccc(C(NC(=O)c2ccc(C(F)(F)F)[nH]c2=O)C2CCCOC2)cc1. The Balaban J connectivity index is 1.87. The van der Waals surface area contributed by atoms with E-state index >= 15 is 0 Å². The van der Waals surface area contributed by atoms with Gasteiger partial charge in [-0.3, -0.25) is 9.59 Å². The van der Waals surface area contributed by atoms with Crippen molar-refractivity contribution < 1.29 is 22.7 Å². The molecule has 0 saturated carbocycles. The lowest BCUT2D eigenvalue weighted by molar-refractivity contribution is -0.141. The number of H-pyrrole nitrogens is 1. The van der Waals surface area contributed by atoms with E-state index in [2.05, 4.69) is 5.32 Å². The number of hydrogen-bond acceptors (Lipinski definition) is 3. The Hall–Kier alpha value is -2.61. The van der Waals surface area contributed by atoms with E-state index in [0.717, 1.165) is 30.0 Å². The van der Waals surface area contributed by atoms with Gasteiger partial charge in [-0.1, -0.05) is 29.8 Å². The molecular weight excluding hydrogens is 373 g/mol. The second kappa shape index (κ2) is 8.18. The fraction of sp³-hybridized carbons (Fsp3) is 0.400. The lowest BCUT2D eigenvalue weighted by atomic mass is 9.88. The van der Waals surface area contributed by atoms with Crippen LogP contribution in [0.1, 0.15) is 46.1 Å². The molecule has 0 aliphatic carbocycles. The van der Waals surface area contributed by atoms with Crippen LogP contribution in [-0.2, 0) is 10.9 Å². The number of benzene rings is 1. The zero-order chi connectivity index (χ0) is 20.3. The molecule has 1 aromatic carbocycles. The zero-order valence-electron chi connectivity index (χ0n) is 15.3. The average Bonchev–Trinajstić information content (AvgIpc) is 2.66. The van der Waals surface area contributed by atoms with Crippen LogP contribution in [0.5, 0.6) is 0 Å². The van der Waals surface area contributed by atoms with Crippen molar-refractivity contribution in [1.29, 1.82) is 0 Å². The molecule has 1 fully saturated rings. The predicted octanol–water partition coefficient (Wildman–Crippen LogP) is 3.60. The van der Waals surface area contributed by atoms with Gasteiger partial charge in [-0.2, -0.15) is 13.2 Å². The van der Waals surface area contributed by atoms with Crippen molar-refractivity contribution in [3.63, 3.8) is 0 Å². The first-order chi connectivity index (χ1) is 13.3. The molecule has 1 aliphatic heterocycles. The molecule has 5 nitrogen and oxygen atoms in total. The van der Waals surface area contributed by atoms with Crippen molar-refractivity contribution in [2.75, 3.05) is 13.2 Å². The minimum atomic E-state index is -4.68. The summed E-state index contributed by atoms with van der Waals surface area (Å²) < 4.78 is 43.7. The van der Waals surface area contributed by atoms with Gasteiger partial charge in [0.25, 0.3) is 11.5 Å². The quantitative estimate of drug-likeness (QED) is 0.833. The molecule has 2 N–H and O–H groups in total. The van der Waals surface area contributed by atoms with Gasteiger partial charge in [-0.25, -0.2) is 0 Å². The Morgan fingerprint density at radius 2 is 1.93 bits per heavy atom. The molecule has 3 rings (SSSR count). The molecule has 0 bridgehead atoms. The van der Waals surface area contributed by atoms with E-state index in [4.69, 9.17) is 4.74 Å². The fourth-order valence-corrected chi connectivity index (χ4v) is 3.31. The first-order valence-electron chi connectivity index (χ1n) is 9.01. The van der Waals surface area contributed by atoms with E-state index in [1.807, 2.05) is 31.2 Å². The molecule has 28 heavy (non-hydrogen) atoms. The van der Waals surface area contributed by atoms with Gasteiger partial charge in [0.2, 0.25) is 0 Å². The summed E-state index contributed by atoms with van der Waals surface area (Å²) >= 11 is 0. The van der Waals surface area contributed by atoms with Crippen LogP contribution in [0.3, 0.4) is 0 Å². The van der Waals surface area contributed by atoms with Crippen LogP contribution in [0.25, 0.3) is 0 Å². The largest absolute Gasteiger partial charge is 0.431 e. The maximum atomic E-state index is 12.7. The standard InChI is InChI=1S/C20H21F3N2O3/c1-12-4-6-13(7-5-12)17(14-3-2-10-28-11-14)25-19(27)15-8-9-16(20(21,22)23)24-18(15)26/h4-9,14,17H,2-3,10-11H2,1H3,(H,24,26)(H,25,27). The van der Waals surface area contributed by atoms with Gasteiger partial charge in [-0.15, -0.1) is 0 Å². The van der Waals surface area contributed by atoms with Crippen LogP contribution in [0.4, 0.5) is 13.2 Å². The van der Waals surface area contributed by atoms with E-state index in [9.17, 15) is 22.8 Å². The molecule has 2 aromatic rings. The van der Waals surface area contributed by atoms with Gasteiger partial charge in [-0.05, 0) is 37.5 Å². The Bertz CT molecular complexity index is 885. The highest BCUT2D eigenvalue weighted by Crippen LogP contribution is 2.30. The summed E-state index contributed by atoms with van der Waals surface area (Å²) in [6, 6.07) is 8.82. The van der Waals surface area contributed by atoms with Crippen molar-refractivity contribution in [1.82, 2.24) is 10.3 Å². The number of carbonyl (C=O) groups is 1. The molecule has 1 amide bonds. The summed E-state index contributed by atoms with van der Waals surface area (Å²) in [6.07, 6.45) is -3.00. The number of aromatic amines is 1. The lowest BCUT2D eigenvalue weighted by Gasteiger charge is -2.31. The van der Waals surface area contributed by atoms with Crippen LogP contribution in [-0.4, -0.2) is 24.1 Å². The lowest BCUT2D eigenvalue weighted by Crippen LogP contribution is -2.39. The van der Waals surface area contributed by atoms with E-state index < -0.39 is 29.4 Å². The van der Waals surface area contributed by atoms with Crippen molar-refractivity contribution in [3.8, 4) is 0 Å². The number of carbonyl (C=O) groups excluding carboxylic acids is 1. The number of aromatic nitrogens is 1. The topological polar surface area (TPSA) is 71.2 Å². The summed E-state index contributed by atoms with van der Waals surface area (Å²) in [5.41, 5.74) is -0.702. The predicted molar refractivity (Wildman–Crippen MR) is 97.0 cm³/mol. The summed E-state index contributed by atoms with van der Waals surface area (Å²) in [6.45, 7) is 3.06. The third-order valence-corrected chi connectivity index (χ3v) is 4.85. The Labute approximate surface area is 159 Å². The number of aryl methyl sites for hydroxylation is 1. The number of hydrogen-bond donors (Lipinski definition) is 2. The molecule has 2 atom stereocenters. The molecule has 2 unspecified atom stereocenters. The maximum absolute atomic E-state index is 12.7. The van der Waals surface area contributed by atoms with E-state index in [1.165, 1.54) is 0 Å². The minimum Gasteiger partial charge on any atom is -0.381 e. The van der Waals surface area contributed by atoms with Crippen molar-refractivity contribution >= 4 is 5.91 Å². The van der Waals surface area contributed by atoms with Gasteiger partial charge in [0.05, 0.1) is 12.6 Å². The number of amides is 1. The number of rotatable bonds is 4. The first kappa shape index (κ1) is 20.1. The van der Waals surface area contributed by atoms with Crippen LogP contribution in [0.15, 0.2) is 41.2 Å². The van der Waals surface area contributed by atoms with Crippen LogP contribution in [0, 0.1) is 12.8 Å². The van der Waals surface area contributed by atoms with E-state index in [0.29, 0.717) is 19.3 Å². The van der Waals surface area contributed by atoms with Crippen molar-refractivity contribution in [3.05, 3.63) is 69.1 Å².